The van der Waals surface area contributed by atoms with Crippen LogP contribution in [-0.4, -0.2) is 58.2 Å². The van der Waals surface area contributed by atoms with Crippen molar-refractivity contribution in [3.05, 3.63) is 11.7 Å². The van der Waals surface area contributed by atoms with Gasteiger partial charge in [0, 0.05) is 49.5 Å². The van der Waals surface area contributed by atoms with Gasteiger partial charge in [0.2, 0.25) is 5.89 Å². The van der Waals surface area contributed by atoms with Crippen molar-refractivity contribution in [3.63, 3.8) is 0 Å². The number of thioether (sulfide) groups is 1. The molecule has 1 aromatic heterocycles. The van der Waals surface area contributed by atoms with E-state index in [9.17, 15) is 0 Å². The maximum absolute atomic E-state index is 5.32. The van der Waals surface area contributed by atoms with Crippen molar-refractivity contribution in [2.75, 3.05) is 32.4 Å². The van der Waals surface area contributed by atoms with Crippen LogP contribution in [0.1, 0.15) is 63.6 Å². The average molecular weight is 493 g/mol. The lowest BCUT2D eigenvalue weighted by molar-refractivity contribution is 0.293. The fourth-order valence-electron chi connectivity index (χ4n) is 3.74. The first-order valence-electron chi connectivity index (χ1n) is 9.54. The highest BCUT2D eigenvalue weighted by Gasteiger charge is 2.38. The summed E-state index contributed by atoms with van der Waals surface area (Å²) in [6.07, 6.45) is 7.59. The number of aliphatic imine (C=N–C) groups is 1. The van der Waals surface area contributed by atoms with E-state index in [0.717, 1.165) is 37.8 Å². The number of hydrogen-bond donors (Lipinski definition) is 1. The minimum atomic E-state index is 0. The van der Waals surface area contributed by atoms with E-state index in [1.807, 2.05) is 7.05 Å². The van der Waals surface area contributed by atoms with E-state index in [0.29, 0.717) is 16.6 Å². The van der Waals surface area contributed by atoms with Crippen LogP contribution in [0, 0.1) is 0 Å². The van der Waals surface area contributed by atoms with Gasteiger partial charge in [0.1, 0.15) is 0 Å². The first-order chi connectivity index (χ1) is 12.1. The Balaban J connectivity index is 0.00000243. The maximum atomic E-state index is 5.32. The molecule has 0 bridgehead atoms. The molecule has 0 aromatic carbocycles. The molecule has 1 spiro atoms. The molecule has 148 valence electrons. The molecule has 1 N–H and O–H groups in total. The number of nitrogens with one attached hydrogen (secondary N) is 1. The zero-order chi connectivity index (χ0) is 17.7. The molecule has 2 heterocycles. The molecule has 6 nitrogen and oxygen atoms in total. The normalized spacial score (nSPS) is 20.3. The zero-order valence-electron chi connectivity index (χ0n) is 16.2. The van der Waals surface area contributed by atoms with Gasteiger partial charge >= 0.3 is 0 Å². The van der Waals surface area contributed by atoms with E-state index >= 15 is 0 Å². The summed E-state index contributed by atoms with van der Waals surface area (Å²) in [5, 5.41) is 7.51. The van der Waals surface area contributed by atoms with Gasteiger partial charge in [-0.2, -0.15) is 16.7 Å². The summed E-state index contributed by atoms with van der Waals surface area (Å²) in [5.41, 5.74) is 0. The van der Waals surface area contributed by atoms with E-state index in [-0.39, 0.29) is 24.0 Å². The van der Waals surface area contributed by atoms with E-state index < -0.39 is 0 Å². The van der Waals surface area contributed by atoms with Crippen molar-refractivity contribution in [3.8, 4) is 0 Å². The summed E-state index contributed by atoms with van der Waals surface area (Å²) in [6.45, 7) is 7.11. The molecule has 1 aromatic rings. The quantitative estimate of drug-likeness (QED) is 0.392. The van der Waals surface area contributed by atoms with Crippen molar-refractivity contribution in [1.82, 2.24) is 20.4 Å². The van der Waals surface area contributed by atoms with E-state index in [4.69, 9.17) is 4.52 Å². The van der Waals surface area contributed by atoms with Gasteiger partial charge in [0.25, 0.3) is 0 Å². The summed E-state index contributed by atoms with van der Waals surface area (Å²) >= 11 is 2.19. The van der Waals surface area contributed by atoms with Crippen LogP contribution < -0.4 is 5.32 Å². The van der Waals surface area contributed by atoms with Crippen LogP contribution in [0.5, 0.6) is 0 Å². The number of hydrogen-bond acceptors (Lipinski definition) is 5. The van der Waals surface area contributed by atoms with E-state index in [1.165, 1.54) is 37.9 Å². The summed E-state index contributed by atoms with van der Waals surface area (Å²) < 4.78 is 5.77. The highest BCUT2D eigenvalue weighted by atomic mass is 127. The van der Waals surface area contributed by atoms with Crippen molar-refractivity contribution in [2.24, 2.45) is 4.99 Å². The monoisotopic (exact) mass is 493 g/mol. The average Bonchev–Trinajstić information content (AvgIpc) is 3.09. The maximum Gasteiger partial charge on any atom is 0.228 e. The Morgan fingerprint density at radius 3 is 2.77 bits per heavy atom. The van der Waals surface area contributed by atoms with Gasteiger partial charge in [0.05, 0.1) is 0 Å². The molecular formula is C18H32IN5OS. The van der Waals surface area contributed by atoms with Crippen LogP contribution in [0.2, 0.25) is 0 Å². The number of nitrogens with zero attached hydrogens (tertiary/aromatic N) is 4. The molecule has 0 radical (unpaired) electrons. The van der Waals surface area contributed by atoms with Crippen LogP contribution in [0.25, 0.3) is 0 Å². The molecule has 26 heavy (non-hydrogen) atoms. The van der Waals surface area contributed by atoms with Crippen LogP contribution >= 0.6 is 35.7 Å². The first kappa shape index (κ1) is 21.8. The lowest BCUT2D eigenvalue weighted by Gasteiger charge is -2.45. The minimum absolute atomic E-state index is 0. The Labute approximate surface area is 178 Å². The molecule has 3 rings (SSSR count). The van der Waals surface area contributed by atoms with Gasteiger partial charge in [-0.05, 0) is 12.8 Å². The molecule has 0 unspecified atom stereocenters. The van der Waals surface area contributed by atoms with Crippen LogP contribution in [0.3, 0.4) is 0 Å². The topological polar surface area (TPSA) is 66.5 Å². The van der Waals surface area contributed by atoms with Crippen molar-refractivity contribution < 1.29 is 4.52 Å². The fourth-order valence-corrected chi connectivity index (χ4v) is 5.31. The highest BCUT2D eigenvalue weighted by Crippen LogP contribution is 2.42. The third-order valence-electron chi connectivity index (χ3n) is 5.15. The fraction of sp³-hybridized carbons (Fsp3) is 0.833. The van der Waals surface area contributed by atoms with Gasteiger partial charge < -0.3 is 14.7 Å². The van der Waals surface area contributed by atoms with Gasteiger partial charge in [-0.3, -0.25) is 4.99 Å². The van der Waals surface area contributed by atoms with E-state index in [1.54, 1.807) is 0 Å². The van der Waals surface area contributed by atoms with Gasteiger partial charge in [-0.25, -0.2) is 0 Å². The molecule has 0 atom stereocenters. The third kappa shape index (κ3) is 5.50. The molecule has 8 heteroatoms. The zero-order valence-corrected chi connectivity index (χ0v) is 19.3. The smallest absolute Gasteiger partial charge is 0.228 e. The van der Waals surface area contributed by atoms with Crippen molar-refractivity contribution in [1.29, 1.82) is 0 Å². The second-order valence-corrected chi connectivity index (χ2v) is 9.00. The number of rotatable bonds is 4. The standard InChI is InChI=1S/C18H31N5OS.HI/c1-14(2)16-21-15(24-22-16)7-10-20-17(19-3)23-11-12-25-18(13-23)8-5-4-6-9-18;/h14H,4-13H2,1-3H3,(H,19,20);1H. The number of halogens is 1. The van der Waals surface area contributed by atoms with Crippen LogP contribution in [-0.2, 0) is 6.42 Å². The third-order valence-corrected chi connectivity index (χ3v) is 6.68. The molecule has 0 amide bonds. The molecule has 1 saturated carbocycles. The summed E-state index contributed by atoms with van der Waals surface area (Å²) in [7, 11) is 1.88. The van der Waals surface area contributed by atoms with E-state index in [2.05, 4.69) is 51.0 Å². The molecule has 2 fully saturated rings. The Morgan fingerprint density at radius 2 is 2.12 bits per heavy atom. The Bertz CT molecular complexity index is 580. The van der Waals surface area contributed by atoms with Crippen LogP contribution in [0.15, 0.2) is 9.52 Å². The summed E-state index contributed by atoms with van der Waals surface area (Å²) in [6, 6.07) is 0. The molecular weight excluding hydrogens is 461 g/mol. The minimum Gasteiger partial charge on any atom is -0.356 e. The van der Waals surface area contributed by atoms with Gasteiger partial charge in [-0.15, -0.1) is 24.0 Å². The van der Waals surface area contributed by atoms with Gasteiger partial charge in [0.15, 0.2) is 11.8 Å². The van der Waals surface area contributed by atoms with Gasteiger partial charge in [-0.1, -0.05) is 38.3 Å². The molecule has 1 aliphatic heterocycles. The molecule has 1 saturated heterocycles. The lowest BCUT2D eigenvalue weighted by atomic mass is 9.87. The highest BCUT2D eigenvalue weighted by molar-refractivity contribution is 14.0. The summed E-state index contributed by atoms with van der Waals surface area (Å²) in [5.74, 6) is 3.99. The first-order valence-corrected chi connectivity index (χ1v) is 10.5. The summed E-state index contributed by atoms with van der Waals surface area (Å²) in [4.78, 5) is 11.4. The second-order valence-electron chi connectivity index (χ2n) is 7.44. The number of aromatic nitrogens is 2. The second kappa shape index (κ2) is 10.1. The van der Waals surface area contributed by atoms with Crippen LogP contribution in [0.4, 0.5) is 0 Å². The largest absolute Gasteiger partial charge is 0.356 e. The van der Waals surface area contributed by atoms with Crippen molar-refractivity contribution in [2.45, 2.75) is 63.0 Å². The SMILES string of the molecule is CN=C(NCCc1nc(C(C)C)no1)N1CCSC2(CCCCC2)C1.I. The predicted octanol–water partition coefficient (Wildman–Crippen LogP) is 3.68. The Kier molecular flexibility index (Phi) is 8.50. The number of guanidine groups is 1. The predicted molar refractivity (Wildman–Crippen MR) is 119 cm³/mol. The molecule has 2 aliphatic rings. The Morgan fingerprint density at radius 1 is 1.35 bits per heavy atom. The Hall–Kier alpha value is -0.510. The lowest BCUT2D eigenvalue weighted by Crippen LogP contribution is -2.53. The molecule has 1 aliphatic carbocycles. The van der Waals surface area contributed by atoms with Crippen molar-refractivity contribution >= 4 is 41.7 Å².